The second kappa shape index (κ2) is 23.1. The number of esters is 10. The van der Waals surface area contributed by atoms with Gasteiger partial charge in [0.15, 0.2) is 61.0 Å². The molecule has 0 aliphatic rings. The predicted octanol–water partition coefficient (Wildman–Crippen LogP) is -1.23. The predicted molar refractivity (Wildman–Crippen MR) is 175 cm³/mol. The Morgan fingerprint density at radius 2 is 0.393 bits per heavy atom. The highest BCUT2D eigenvalue weighted by molar-refractivity contribution is 5.88. The summed E-state index contributed by atoms with van der Waals surface area (Å²) in [5.41, 5.74) is 0. The van der Waals surface area contributed by atoms with Gasteiger partial charge in [-0.05, 0) is 76.2 Å². The van der Waals surface area contributed by atoms with Crippen LogP contribution in [0.2, 0.25) is 0 Å². The molecule has 316 valence electrons. The Kier molecular flexibility index (Phi) is 20.7. The smallest absolute Gasteiger partial charge is 0.347 e. The van der Waals surface area contributed by atoms with E-state index in [2.05, 4.69) is 9.47 Å². The van der Waals surface area contributed by atoms with E-state index in [9.17, 15) is 52.7 Å². The quantitative estimate of drug-likeness (QED) is 0.101. The van der Waals surface area contributed by atoms with E-state index in [-0.39, 0.29) is 0 Å². The Bertz CT molecular complexity index is 1480. The minimum Gasteiger partial charge on any atom is -0.479 e. The molecule has 2 N–H and O–H groups in total. The standard InChI is InChI=1S/C33H46O23/c1-12(34)24(37)48-14(3)26(39)50-16(5)28(41)52-18(7)30(43)54-20(9)32(45)56-22(11)33(46)55-21(10)31(44)53-19(8)29(42)51-17(6)27(40)49-15(4)25(38)47-13(2)23(35)36/h12-22,34H,1-11H3,(H,35,36)/t12-,13-,14-,15-,16-,17-,18-,19-,20-,21-,22-/m0/s1. The van der Waals surface area contributed by atoms with Crippen molar-refractivity contribution in [1.82, 2.24) is 0 Å². The maximum absolute atomic E-state index is 12.5. The van der Waals surface area contributed by atoms with Crippen molar-refractivity contribution in [3.63, 3.8) is 0 Å². The van der Waals surface area contributed by atoms with Crippen molar-refractivity contribution in [3.05, 3.63) is 0 Å². The fourth-order valence-electron chi connectivity index (χ4n) is 3.19. The van der Waals surface area contributed by atoms with Gasteiger partial charge in [0.05, 0.1) is 0 Å². The van der Waals surface area contributed by atoms with E-state index in [0.29, 0.717) is 0 Å². The number of carbonyl (C=O) groups is 11. The van der Waals surface area contributed by atoms with Crippen molar-refractivity contribution in [2.24, 2.45) is 0 Å². The zero-order valence-electron chi connectivity index (χ0n) is 32.3. The van der Waals surface area contributed by atoms with Crippen molar-refractivity contribution in [2.75, 3.05) is 0 Å². The van der Waals surface area contributed by atoms with E-state index in [4.69, 9.17) is 48.1 Å². The molecular formula is C33H46O23. The lowest BCUT2D eigenvalue weighted by molar-refractivity contribution is -0.190. The summed E-state index contributed by atoms with van der Waals surface area (Å²) in [5.74, 6) is -13.7. The third-order valence-corrected chi connectivity index (χ3v) is 6.61. The van der Waals surface area contributed by atoms with E-state index in [1.165, 1.54) is 0 Å². The van der Waals surface area contributed by atoms with Gasteiger partial charge in [0, 0.05) is 0 Å². The zero-order valence-corrected chi connectivity index (χ0v) is 32.3. The first-order valence-electron chi connectivity index (χ1n) is 16.7. The monoisotopic (exact) mass is 810 g/mol. The van der Waals surface area contributed by atoms with Crippen LogP contribution in [0.15, 0.2) is 0 Å². The molecule has 0 spiro atoms. The molecule has 0 fully saturated rings. The van der Waals surface area contributed by atoms with Gasteiger partial charge in [-0.15, -0.1) is 0 Å². The molecule has 0 radical (unpaired) electrons. The van der Waals surface area contributed by atoms with E-state index in [1.54, 1.807) is 0 Å². The van der Waals surface area contributed by atoms with Gasteiger partial charge >= 0.3 is 65.7 Å². The maximum atomic E-state index is 12.5. The highest BCUT2D eigenvalue weighted by Gasteiger charge is 2.34. The highest BCUT2D eigenvalue weighted by atomic mass is 16.7. The summed E-state index contributed by atoms with van der Waals surface area (Å²) in [7, 11) is 0. The lowest BCUT2D eigenvalue weighted by Crippen LogP contribution is -2.40. The van der Waals surface area contributed by atoms with Gasteiger partial charge in [0.25, 0.3) is 0 Å². The summed E-state index contributed by atoms with van der Waals surface area (Å²) >= 11 is 0. The minimum absolute atomic E-state index is 1.04. The molecule has 0 aromatic heterocycles. The number of carboxylic acid groups (broad SMARTS) is 1. The van der Waals surface area contributed by atoms with E-state index in [0.717, 1.165) is 76.2 Å². The summed E-state index contributed by atoms with van der Waals surface area (Å²) in [6.45, 7) is 11.8. The normalized spacial score (nSPS) is 16.6. The van der Waals surface area contributed by atoms with E-state index < -0.39 is 133 Å². The van der Waals surface area contributed by atoms with E-state index in [1.807, 2.05) is 0 Å². The van der Waals surface area contributed by atoms with Gasteiger partial charge in [0.1, 0.15) is 6.10 Å². The Morgan fingerprint density at radius 1 is 0.268 bits per heavy atom. The number of rotatable bonds is 21. The molecule has 0 saturated heterocycles. The Balaban J connectivity index is 4.88. The number of hydrogen-bond acceptors (Lipinski definition) is 22. The molecule has 0 aliphatic carbocycles. The number of carbonyl (C=O) groups excluding carboxylic acids is 10. The van der Waals surface area contributed by atoms with Crippen LogP contribution in [-0.4, -0.2) is 143 Å². The van der Waals surface area contributed by atoms with Crippen LogP contribution in [0.3, 0.4) is 0 Å². The van der Waals surface area contributed by atoms with Gasteiger partial charge in [-0.1, -0.05) is 0 Å². The summed E-state index contributed by atoms with van der Waals surface area (Å²) < 4.78 is 48.1. The topological polar surface area (TPSA) is 321 Å². The van der Waals surface area contributed by atoms with E-state index >= 15 is 0 Å². The molecule has 0 amide bonds. The number of aliphatic hydroxyl groups excluding tert-OH is 1. The third kappa shape index (κ3) is 17.5. The molecule has 56 heavy (non-hydrogen) atoms. The molecule has 0 aromatic carbocycles. The minimum atomic E-state index is -1.69. The van der Waals surface area contributed by atoms with Crippen LogP contribution in [0.5, 0.6) is 0 Å². The molecule has 23 nitrogen and oxygen atoms in total. The van der Waals surface area contributed by atoms with Crippen LogP contribution in [-0.2, 0) is 100 Å². The molecule has 0 heterocycles. The third-order valence-electron chi connectivity index (χ3n) is 6.61. The van der Waals surface area contributed by atoms with Crippen LogP contribution in [0.1, 0.15) is 76.2 Å². The van der Waals surface area contributed by atoms with Crippen LogP contribution in [0, 0.1) is 0 Å². The van der Waals surface area contributed by atoms with Gasteiger partial charge < -0.3 is 57.6 Å². The summed E-state index contributed by atoms with van der Waals surface area (Å²) in [6, 6.07) is 0. The van der Waals surface area contributed by atoms with Crippen LogP contribution in [0.4, 0.5) is 0 Å². The van der Waals surface area contributed by atoms with Gasteiger partial charge in [-0.2, -0.15) is 0 Å². The molecule has 23 heteroatoms. The first kappa shape index (κ1) is 50.1. The van der Waals surface area contributed by atoms with Crippen molar-refractivity contribution < 1.29 is 110 Å². The summed E-state index contributed by atoms with van der Waals surface area (Å²) in [5, 5.41) is 17.9. The molecule has 0 saturated carbocycles. The average Bonchev–Trinajstić information content (AvgIpc) is 3.10. The molecule has 0 aliphatic heterocycles. The van der Waals surface area contributed by atoms with Gasteiger partial charge in [-0.25, -0.2) is 52.7 Å². The average molecular weight is 811 g/mol. The lowest BCUT2D eigenvalue weighted by Gasteiger charge is -2.21. The number of carboxylic acids is 1. The lowest BCUT2D eigenvalue weighted by atomic mass is 10.3. The molecule has 11 atom stereocenters. The van der Waals surface area contributed by atoms with Crippen molar-refractivity contribution in [3.8, 4) is 0 Å². The van der Waals surface area contributed by atoms with Gasteiger partial charge in [-0.3, -0.25) is 0 Å². The van der Waals surface area contributed by atoms with Crippen molar-refractivity contribution in [1.29, 1.82) is 0 Å². The van der Waals surface area contributed by atoms with Crippen LogP contribution < -0.4 is 0 Å². The molecule has 0 bridgehead atoms. The summed E-state index contributed by atoms with van der Waals surface area (Å²) in [6.07, 6.45) is -17.7. The maximum Gasteiger partial charge on any atom is 0.347 e. The number of hydrogen-bond donors (Lipinski definition) is 2. The largest absolute Gasteiger partial charge is 0.479 e. The fraction of sp³-hybridized carbons (Fsp3) is 0.667. The first-order chi connectivity index (χ1) is 25.7. The van der Waals surface area contributed by atoms with Crippen molar-refractivity contribution in [2.45, 2.75) is 143 Å². The zero-order chi connectivity index (χ0) is 43.8. The van der Waals surface area contributed by atoms with Crippen molar-refractivity contribution >= 4 is 65.7 Å². The second-order valence-electron chi connectivity index (χ2n) is 11.8. The molecule has 0 aromatic rings. The molecule has 0 rings (SSSR count). The Morgan fingerprint density at radius 3 is 0.518 bits per heavy atom. The fourth-order valence-corrected chi connectivity index (χ4v) is 3.19. The van der Waals surface area contributed by atoms with Gasteiger partial charge in [0.2, 0.25) is 0 Å². The molecule has 0 unspecified atom stereocenters. The number of aliphatic carboxylic acids is 1. The second-order valence-corrected chi connectivity index (χ2v) is 11.8. The first-order valence-corrected chi connectivity index (χ1v) is 16.7. The SMILES string of the molecule is C[C@H](O)C(=O)O[C@@H](C)C(=O)O[C@@H](C)C(=O)O[C@@H](C)C(=O)O[C@@H](C)C(=O)O[C@@H](C)C(=O)O[C@@H](C)C(=O)O[C@@H](C)C(=O)O[C@@H](C)C(=O)O[C@@H](C)C(=O)O[C@@H](C)C(=O)O. The number of aliphatic hydroxyl groups is 1. The highest BCUT2D eigenvalue weighted by Crippen LogP contribution is 2.11. The molecular weight excluding hydrogens is 764 g/mol. The Hall–Kier alpha value is -5.87. The Labute approximate surface area is 319 Å². The number of ether oxygens (including phenoxy) is 10. The summed E-state index contributed by atoms with van der Waals surface area (Å²) in [4.78, 5) is 133. The van der Waals surface area contributed by atoms with Crippen LogP contribution >= 0.6 is 0 Å². The van der Waals surface area contributed by atoms with Crippen LogP contribution in [0.25, 0.3) is 0 Å².